The summed E-state index contributed by atoms with van der Waals surface area (Å²) < 4.78 is 0. The van der Waals surface area contributed by atoms with Gasteiger partial charge in [0.05, 0.1) is 5.69 Å². The number of likely N-dealkylation sites (tertiary alicyclic amines) is 1. The van der Waals surface area contributed by atoms with Crippen LogP contribution in [0, 0.1) is 0 Å². The lowest BCUT2D eigenvalue weighted by Gasteiger charge is -2.32. The SMILES string of the molecule is CCN(C)C1CCN(C(=O)C2=NC(C)C(=O)N(c3ccccc3)N2)C1. The first-order chi connectivity index (χ1) is 12.0. The van der Waals surface area contributed by atoms with Crippen LogP contribution in [0.25, 0.3) is 0 Å². The molecule has 0 radical (unpaired) electrons. The number of carbonyl (C=O) groups excluding carboxylic acids is 2. The van der Waals surface area contributed by atoms with E-state index in [1.165, 1.54) is 5.01 Å². The van der Waals surface area contributed by atoms with E-state index in [-0.39, 0.29) is 17.6 Å². The molecule has 3 rings (SSSR count). The van der Waals surface area contributed by atoms with Gasteiger partial charge in [0, 0.05) is 19.1 Å². The largest absolute Gasteiger partial charge is 0.334 e. The minimum Gasteiger partial charge on any atom is -0.334 e. The van der Waals surface area contributed by atoms with E-state index in [0.29, 0.717) is 24.8 Å². The molecule has 25 heavy (non-hydrogen) atoms. The Kier molecular flexibility index (Phi) is 5.03. The van der Waals surface area contributed by atoms with E-state index in [2.05, 4.69) is 29.3 Å². The van der Waals surface area contributed by atoms with Crippen LogP contribution in [0.2, 0.25) is 0 Å². The Balaban J connectivity index is 1.75. The van der Waals surface area contributed by atoms with Crippen LogP contribution in [0.1, 0.15) is 20.3 Å². The number of anilines is 1. The van der Waals surface area contributed by atoms with Gasteiger partial charge in [-0.3, -0.25) is 15.0 Å². The van der Waals surface area contributed by atoms with Gasteiger partial charge in [0.1, 0.15) is 6.04 Å². The number of para-hydroxylation sites is 1. The van der Waals surface area contributed by atoms with E-state index >= 15 is 0 Å². The molecule has 2 aliphatic heterocycles. The molecule has 1 fully saturated rings. The number of carbonyl (C=O) groups is 2. The summed E-state index contributed by atoms with van der Waals surface area (Å²) in [5.74, 6) is -0.0872. The minimum atomic E-state index is -0.586. The standard InChI is InChI=1S/C18H25N5O2/c1-4-21(3)15-10-11-22(12-15)18(25)16-19-13(2)17(24)23(20-16)14-8-6-5-7-9-14/h5-9,13,15H,4,10-12H2,1-3H3,(H,19,20). The van der Waals surface area contributed by atoms with Crippen LogP contribution in [-0.4, -0.2) is 66.2 Å². The zero-order valence-corrected chi connectivity index (χ0v) is 15.0. The van der Waals surface area contributed by atoms with Crippen molar-refractivity contribution in [1.82, 2.24) is 15.2 Å². The molecule has 0 saturated carbocycles. The fraction of sp³-hybridized carbons (Fsp3) is 0.500. The molecular weight excluding hydrogens is 318 g/mol. The lowest BCUT2D eigenvalue weighted by molar-refractivity contribution is -0.124. The number of likely N-dealkylation sites (N-methyl/N-ethyl adjacent to an activating group) is 1. The molecule has 2 amide bonds. The monoisotopic (exact) mass is 343 g/mol. The summed E-state index contributed by atoms with van der Waals surface area (Å²) in [7, 11) is 2.08. The third kappa shape index (κ3) is 3.51. The predicted octanol–water partition coefficient (Wildman–Crippen LogP) is 0.877. The summed E-state index contributed by atoms with van der Waals surface area (Å²) in [5.41, 5.74) is 3.61. The van der Waals surface area contributed by atoms with Crippen molar-refractivity contribution in [2.75, 3.05) is 31.7 Å². The fourth-order valence-electron chi connectivity index (χ4n) is 3.19. The van der Waals surface area contributed by atoms with Crippen molar-refractivity contribution in [3.8, 4) is 0 Å². The van der Waals surface area contributed by atoms with Crippen LogP contribution in [0.15, 0.2) is 35.3 Å². The van der Waals surface area contributed by atoms with E-state index in [4.69, 9.17) is 0 Å². The Morgan fingerprint density at radius 3 is 2.76 bits per heavy atom. The first-order valence-corrected chi connectivity index (χ1v) is 8.74. The van der Waals surface area contributed by atoms with Gasteiger partial charge in [0.15, 0.2) is 0 Å². The van der Waals surface area contributed by atoms with E-state index in [1.54, 1.807) is 6.92 Å². The number of benzene rings is 1. The van der Waals surface area contributed by atoms with Gasteiger partial charge in [-0.2, -0.15) is 0 Å². The van der Waals surface area contributed by atoms with Crippen molar-refractivity contribution in [2.45, 2.75) is 32.4 Å². The van der Waals surface area contributed by atoms with Crippen LogP contribution in [0.3, 0.4) is 0 Å². The molecule has 1 saturated heterocycles. The number of amides is 2. The van der Waals surface area contributed by atoms with Gasteiger partial charge in [-0.25, -0.2) is 10.0 Å². The molecule has 0 bridgehead atoms. The number of hydrogen-bond donors (Lipinski definition) is 1. The molecule has 2 aliphatic rings. The molecule has 1 N–H and O–H groups in total. The molecule has 134 valence electrons. The van der Waals surface area contributed by atoms with Gasteiger partial charge in [0.2, 0.25) is 5.84 Å². The summed E-state index contributed by atoms with van der Waals surface area (Å²) in [6.45, 7) is 6.19. The highest BCUT2D eigenvalue weighted by molar-refractivity contribution is 6.39. The Morgan fingerprint density at radius 1 is 1.36 bits per heavy atom. The van der Waals surface area contributed by atoms with E-state index < -0.39 is 6.04 Å². The van der Waals surface area contributed by atoms with Crippen molar-refractivity contribution in [1.29, 1.82) is 0 Å². The molecule has 2 atom stereocenters. The molecule has 2 heterocycles. The first kappa shape index (κ1) is 17.4. The molecule has 7 heteroatoms. The number of nitrogens with zero attached hydrogens (tertiary/aromatic N) is 4. The number of hydrogen-bond acceptors (Lipinski definition) is 5. The average Bonchev–Trinajstić information content (AvgIpc) is 3.13. The second kappa shape index (κ2) is 7.23. The summed E-state index contributed by atoms with van der Waals surface area (Å²) in [6.07, 6.45) is 0.959. The van der Waals surface area contributed by atoms with Crippen molar-refractivity contribution in [2.24, 2.45) is 4.99 Å². The molecule has 1 aromatic rings. The predicted molar refractivity (Wildman–Crippen MR) is 97.2 cm³/mol. The molecular formula is C18H25N5O2. The van der Waals surface area contributed by atoms with Gasteiger partial charge in [-0.1, -0.05) is 25.1 Å². The second-order valence-corrected chi connectivity index (χ2v) is 6.54. The third-order valence-electron chi connectivity index (χ3n) is 4.91. The zero-order valence-electron chi connectivity index (χ0n) is 15.0. The molecule has 0 aromatic heterocycles. The van der Waals surface area contributed by atoms with Crippen molar-refractivity contribution in [3.63, 3.8) is 0 Å². The van der Waals surface area contributed by atoms with Crippen molar-refractivity contribution >= 4 is 23.3 Å². The molecule has 7 nitrogen and oxygen atoms in total. The Hall–Kier alpha value is -2.41. The first-order valence-electron chi connectivity index (χ1n) is 8.74. The summed E-state index contributed by atoms with van der Waals surface area (Å²) in [4.78, 5) is 33.6. The van der Waals surface area contributed by atoms with Crippen LogP contribution < -0.4 is 10.4 Å². The van der Waals surface area contributed by atoms with Gasteiger partial charge in [-0.15, -0.1) is 0 Å². The molecule has 0 aliphatic carbocycles. The normalized spacial score (nSPS) is 23.7. The number of aliphatic imine (C=N–C) groups is 1. The number of amidine groups is 1. The topological polar surface area (TPSA) is 68.2 Å². The van der Waals surface area contributed by atoms with Crippen molar-refractivity contribution < 1.29 is 9.59 Å². The van der Waals surface area contributed by atoms with Crippen molar-refractivity contribution in [3.05, 3.63) is 30.3 Å². The Labute approximate surface area is 148 Å². The number of rotatable bonds is 4. The molecule has 0 spiro atoms. The summed E-state index contributed by atoms with van der Waals surface area (Å²) >= 11 is 0. The van der Waals surface area contributed by atoms with Gasteiger partial charge in [-0.05, 0) is 39.1 Å². The van der Waals surface area contributed by atoms with E-state index in [0.717, 1.165) is 13.0 Å². The maximum absolute atomic E-state index is 12.9. The van der Waals surface area contributed by atoms with Gasteiger partial charge >= 0.3 is 0 Å². The van der Waals surface area contributed by atoms with Crippen LogP contribution in [-0.2, 0) is 9.59 Å². The lowest BCUT2D eigenvalue weighted by atomic mass is 10.2. The van der Waals surface area contributed by atoms with Gasteiger partial charge in [0.25, 0.3) is 11.8 Å². The maximum atomic E-state index is 12.9. The molecule has 1 aromatic carbocycles. The lowest BCUT2D eigenvalue weighted by Crippen LogP contribution is -2.58. The second-order valence-electron chi connectivity index (χ2n) is 6.54. The van der Waals surface area contributed by atoms with Crippen LogP contribution in [0.5, 0.6) is 0 Å². The van der Waals surface area contributed by atoms with E-state index in [9.17, 15) is 9.59 Å². The summed E-state index contributed by atoms with van der Waals surface area (Å²) in [6, 6.07) is 9.04. The maximum Gasteiger partial charge on any atom is 0.290 e. The highest BCUT2D eigenvalue weighted by Gasteiger charge is 2.35. The Morgan fingerprint density at radius 2 is 2.08 bits per heavy atom. The Bertz CT molecular complexity index is 675. The van der Waals surface area contributed by atoms with Gasteiger partial charge < -0.3 is 9.80 Å². The van der Waals surface area contributed by atoms with Crippen LogP contribution >= 0.6 is 0 Å². The number of hydrazine groups is 1. The molecule has 2 unspecified atom stereocenters. The minimum absolute atomic E-state index is 0.146. The number of nitrogens with one attached hydrogen (secondary N) is 1. The van der Waals surface area contributed by atoms with Crippen LogP contribution in [0.4, 0.5) is 5.69 Å². The smallest absolute Gasteiger partial charge is 0.290 e. The average molecular weight is 343 g/mol. The highest BCUT2D eigenvalue weighted by atomic mass is 16.2. The zero-order chi connectivity index (χ0) is 18.0. The fourth-order valence-corrected chi connectivity index (χ4v) is 3.19. The van der Waals surface area contributed by atoms with E-state index in [1.807, 2.05) is 35.2 Å². The third-order valence-corrected chi connectivity index (χ3v) is 4.91. The summed E-state index contributed by atoms with van der Waals surface area (Å²) in [5, 5.41) is 1.41. The highest BCUT2D eigenvalue weighted by Crippen LogP contribution is 2.18. The quantitative estimate of drug-likeness (QED) is 0.881.